The SMILES string of the molecule is CCCNc1nnc(CN2CCCC(C)(OC)C2)s1. The average molecular weight is 284 g/mol. The summed E-state index contributed by atoms with van der Waals surface area (Å²) in [6.45, 7) is 8.27. The van der Waals surface area contributed by atoms with Crippen molar-refractivity contribution in [2.75, 3.05) is 32.1 Å². The molecular weight excluding hydrogens is 260 g/mol. The molecule has 0 saturated carbocycles. The number of aromatic nitrogens is 2. The van der Waals surface area contributed by atoms with Crippen molar-refractivity contribution in [1.82, 2.24) is 15.1 Å². The highest BCUT2D eigenvalue weighted by atomic mass is 32.1. The van der Waals surface area contributed by atoms with Crippen molar-refractivity contribution >= 4 is 16.5 Å². The maximum absolute atomic E-state index is 5.62. The summed E-state index contributed by atoms with van der Waals surface area (Å²) in [5.74, 6) is 0. The lowest BCUT2D eigenvalue weighted by atomic mass is 9.95. The van der Waals surface area contributed by atoms with Crippen LogP contribution in [0.3, 0.4) is 0 Å². The van der Waals surface area contributed by atoms with Gasteiger partial charge < -0.3 is 10.1 Å². The second-order valence-electron chi connectivity index (χ2n) is 5.40. The van der Waals surface area contributed by atoms with Gasteiger partial charge in [0.2, 0.25) is 5.13 Å². The summed E-state index contributed by atoms with van der Waals surface area (Å²) in [7, 11) is 1.81. The molecule has 2 rings (SSSR count). The molecule has 5 nitrogen and oxygen atoms in total. The highest BCUT2D eigenvalue weighted by Gasteiger charge is 2.31. The molecule has 2 heterocycles. The largest absolute Gasteiger partial charge is 0.377 e. The second-order valence-corrected chi connectivity index (χ2v) is 6.46. The van der Waals surface area contributed by atoms with E-state index in [-0.39, 0.29) is 5.60 Å². The molecule has 1 fully saturated rings. The summed E-state index contributed by atoms with van der Waals surface area (Å²) in [6, 6.07) is 0. The molecule has 1 atom stereocenters. The number of piperidine rings is 1. The fourth-order valence-corrected chi connectivity index (χ4v) is 3.23. The Morgan fingerprint density at radius 3 is 3.05 bits per heavy atom. The Morgan fingerprint density at radius 1 is 1.47 bits per heavy atom. The molecule has 1 saturated heterocycles. The first-order chi connectivity index (χ1) is 9.15. The molecule has 0 aromatic carbocycles. The summed E-state index contributed by atoms with van der Waals surface area (Å²) < 4.78 is 5.62. The predicted molar refractivity (Wildman–Crippen MR) is 78.6 cm³/mol. The Bertz CT molecular complexity index is 398. The van der Waals surface area contributed by atoms with Gasteiger partial charge in [0.05, 0.1) is 12.1 Å². The van der Waals surface area contributed by atoms with E-state index in [9.17, 15) is 0 Å². The van der Waals surface area contributed by atoms with E-state index < -0.39 is 0 Å². The molecule has 1 aromatic heterocycles. The van der Waals surface area contributed by atoms with Crippen LogP contribution in [0.25, 0.3) is 0 Å². The van der Waals surface area contributed by atoms with Crippen LogP contribution in [-0.4, -0.2) is 47.4 Å². The molecule has 108 valence electrons. The highest BCUT2D eigenvalue weighted by Crippen LogP contribution is 2.26. The van der Waals surface area contributed by atoms with Gasteiger partial charge >= 0.3 is 0 Å². The summed E-state index contributed by atoms with van der Waals surface area (Å²) >= 11 is 1.66. The first-order valence-corrected chi connectivity index (χ1v) is 7.80. The maximum Gasteiger partial charge on any atom is 0.205 e. The minimum Gasteiger partial charge on any atom is -0.377 e. The lowest BCUT2D eigenvalue weighted by Crippen LogP contribution is -2.46. The van der Waals surface area contributed by atoms with E-state index in [1.165, 1.54) is 6.42 Å². The molecule has 0 radical (unpaired) electrons. The van der Waals surface area contributed by atoms with Crippen LogP contribution < -0.4 is 5.32 Å². The molecular formula is C13H24N4OS. The average Bonchev–Trinajstić information content (AvgIpc) is 2.84. The van der Waals surface area contributed by atoms with Gasteiger partial charge in [0.25, 0.3) is 0 Å². The van der Waals surface area contributed by atoms with Gasteiger partial charge in [0, 0.05) is 20.2 Å². The zero-order valence-electron chi connectivity index (χ0n) is 12.1. The van der Waals surface area contributed by atoms with E-state index in [2.05, 4.69) is 34.3 Å². The van der Waals surface area contributed by atoms with Gasteiger partial charge in [-0.2, -0.15) is 0 Å². The third-order valence-electron chi connectivity index (χ3n) is 3.58. The van der Waals surface area contributed by atoms with Gasteiger partial charge in [0.15, 0.2) is 0 Å². The molecule has 6 heteroatoms. The van der Waals surface area contributed by atoms with Gasteiger partial charge in [-0.1, -0.05) is 18.3 Å². The number of nitrogens with zero attached hydrogens (tertiary/aromatic N) is 3. The Hall–Kier alpha value is -0.720. The second kappa shape index (κ2) is 6.63. The lowest BCUT2D eigenvalue weighted by molar-refractivity contribution is -0.0527. The quantitative estimate of drug-likeness (QED) is 0.869. The molecule has 0 bridgehead atoms. The van der Waals surface area contributed by atoms with E-state index in [0.29, 0.717) is 0 Å². The van der Waals surface area contributed by atoms with Crippen molar-refractivity contribution < 1.29 is 4.74 Å². The number of hydrogen-bond acceptors (Lipinski definition) is 6. The van der Waals surface area contributed by atoms with E-state index in [4.69, 9.17) is 4.74 Å². The van der Waals surface area contributed by atoms with E-state index in [0.717, 1.165) is 49.2 Å². The first kappa shape index (κ1) is 14.7. The topological polar surface area (TPSA) is 50.3 Å². The third-order valence-corrected chi connectivity index (χ3v) is 4.45. The van der Waals surface area contributed by atoms with Gasteiger partial charge in [-0.05, 0) is 32.7 Å². The Balaban J connectivity index is 1.88. The van der Waals surface area contributed by atoms with Crippen molar-refractivity contribution in [2.45, 2.75) is 45.3 Å². The number of anilines is 1. The lowest BCUT2D eigenvalue weighted by Gasteiger charge is -2.39. The van der Waals surface area contributed by atoms with Gasteiger partial charge in [-0.3, -0.25) is 4.90 Å². The van der Waals surface area contributed by atoms with E-state index >= 15 is 0 Å². The van der Waals surface area contributed by atoms with E-state index in [1.807, 2.05) is 0 Å². The monoisotopic (exact) mass is 284 g/mol. The molecule has 1 aliphatic heterocycles. The van der Waals surface area contributed by atoms with Crippen LogP contribution in [0.4, 0.5) is 5.13 Å². The van der Waals surface area contributed by atoms with Crippen LogP contribution in [0.5, 0.6) is 0 Å². The van der Waals surface area contributed by atoms with Gasteiger partial charge in [-0.25, -0.2) is 0 Å². The summed E-state index contributed by atoms with van der Waals surface area (Å²) in [6.07, 6.45) is 3.43. The standard InChI is InChI=1S/C13H24N4OS/c1-4-7-14-12-16-15-11(19-12)9-17-8-5-6-13(2,10-17)18-3/h4-10H2,1-3H3,(H,14,16). The molecule has 0 spiro atoms. The Morgan fingerprint density at radius 2 is 2.32 bits per heavy atom. The van der Waals surface area contributed by atoms with Crippen molar-refractivity contribution in [3.8, 4) is 0 Å². The van der Waals surface area contributed by atoms with Crippen molar-refractivity contribution in [2.24, 2.45) is 0 Å². The molecule has 19 heavy (non-hydrogen) atoms. The summed E-state index contributed by atoms with van der Waals surface area (Å²) in [5, 5.41) is 13.7. The third kappa shape index (κ3) is 4.12. The number of ether oxygens (including phenoxy) is 1. The fraction of sp³-hybridized carbons (Fsp3) is 0.846. The fourth-order valence-electron chi connectivity index (χ4n) is 2.42. The maximum atomic E-state index is 5.62. The van der Waals surface area contributed by atoms with Crippen LogP contribution in [0.1, 0.15) is 38.1 Å². The van der Waals surface area contributed by atoms with Gasteiger partial charge in [-0.15, -0.1) is 10.2 Å². The Kier molecular flexibility index (Phi) is 5.13. The normalized spacial score (nSPS) is 24.6. The summed E-state index contributed by atoms with van der Waals surface area (Å²) in [4.78, 5) is 2.41. The van der Waals surface area contributed by atoms with Crippen LogP contribution in [0.15, 0.2) is 0 Å². The molecule has 1 unspecified atom stereocenters. The van der Waals surface area contributed by atoms with Crippen LogP contribution in [-0.2, 0) is 11.3 Å². The molecule has 0 amide bonds. The van der Waals surface area contributed by atoms with Crippen molar-refractivity contribution in [1.29, 1.82) is 0 Å². The van der Waals surface area contributed by atoms with Crippen LogP contribution >= 0.6 is 11.3 Å². The van der Waals surface area contributed by atoms with Crippen molar-refractivity contribution in [3.05, 3.63) is 5.01 Å². The van der Waals surface area contributed by atoms with Crippen LogP contribution in [0, 0.1) is 0 Å². The number of likely N-dealkylation sites (tertiary alicyclic amines) is 1. The zero-order chi connectivity index (χ0) is 13.7. The Labute approximate surface area is 119 Å². The molecule has 1 aliphatic rings. The van der Waals surface area contributed by atoms with Crippen molar-refractivity contribution in [3.63, 3.8) is 0 Å². The zero-order valence-corrected chi connectivity index (χ0v) is 12.9. The number of methoxy groups -OCH3 is 1. The number of nitrogens with one attached hydrogen (secondary N) is 1. The van der Waals surface area contributed by atoms with Gasteiger partial charge in [0.1, 0.15) is 5.01 Å². The number of hydrogen-bond donors (Lipinski definition) is 1. The van der Waals surface area contributed by atoms with E-state index in [1.54, 1.807) is 18.4 Å². The minimum atomic E-state index is -0.00771. The first-order valence-electron chi connectivity index (χ1n) is 6.99. The highest BCUT2D eigenvalue weighted by molar-refractivity contribution is 7.15. The summed E-state index contributed by atoms with van der Waals surface area (Å²) in [5.41, 5.74) is -0.00771. The van der Waals surface area contributed by atoms with Crippen LogP contribution in [0.2, 0.25) is 0 Å². The predicted octanol–water partition coefficient (Wildman–Crippen LogP) is 2.36. The molecule has 0 aliphatic carbocycles. The molecule has 1 aromatic rings. The number of rotatable bonds is 6. The molecule has 1 N–H and O–H groups in total. The minimum absolute atomic E-state index is 0.00771. The smallest absolute Gasteiger partial charge is 0.205 e.